The summed E-state index contributed by atoms with van der Waals surface area (Å²) in [7, 11) is 0. The van der Waals surface area contributed by atoms with Gasteiger partial charge in [-0.15, -0.1) is 0 Å². The van der Waals surface area contributed by atoms with Crippen LogP contribution in [-0.2, 0) is 9.47 Å². The molecule has 3 aromatic rings. The average molecular weight is 390 g/mol. The molecule has 0 unspecified atom stereocenters. The number of benzene rings is 1. The first-order valence-corrected chi connectivity index (χ1v) is 9.87. The topological polar surface area (TPSA) is 76.6 Å². The second-order valence-corrected chi connectivity index (χ2v) is 7.33. The lowest BCUT2D eigenvalue weighted by Gasteiger charge is -2.38. The van der Waals surface area contributed by atoms with Gasteiger partial charge in [0.05, 0.1) is 24.4 Å². The maximum atomic E-state index is 12.9. The molecule has 1 aromatic carbocycles. The van der Waals surface area contributed by atoms with Crippen LogP contribution in [0, 0.1) is 0 Å². The van der Waals surface area contributed by atoms with Crippen molar-refractivity contribution in [2.45, 2.75) is 18.6 Å². The van der Waals surface area contributed by atoms with Gasteiger partial charge in [0, 0.05) is 49.3 Å². The van der Waals surface area contributed by atoms with Crippen molar-refractivity contribution in [3.63, 3.8) is 0 Å². The van der Waals surface area contributed by atoms with Crippen molar-refractivity contribution in [3.8, 4) is 0 Å². The van der Waals surface area contributed by atoms with Crippen LogP contribution in [0.4, 0.5) is 11.5 Å². The number of amides is 1. The molecule has 1 spiro atoms. The highest BCUT2D eigenvalue weighted by Crippen LogP contribution is 2.32. The Balaban J connectivity index is 1.32. The molecular weight excluding hydrogens is 368 g/mol. The van der Waals surface area contributed by atoms with Gasteiger partial charge in [-0.05, 0) is 24.3 Å². The zero-order valence-corrected chi connectivity index (χ0v) is 16.0. The number of carbonyl (C=O) groups excluding carboxylic acids is 1. The Hall–Kier alpha value is -3.03. The molecule has 7 nitrogen and oxygen atoms in total. The number of nitrogens with one attached hydrogen (secondary N) is 1. The van der Waals surface area contributed by atoms with Gasteiger partial charge < -0.3 is 19.7 Å². The summed E-state index contributed by atoms with van der Waals surface area (Å²) >= 11 is 0. The molecule has 5 rings (SSSR count). The summed E-state index contributed by atoms with van der Waals surface area (Å²) in [6.07, 6.45) is 5.00. The van der Waals surface area contributed by atoms with Gasteiger partial charge in [0.15, 0.2) is 5.79 Å². The molecule has 7 heteroatoms. The minimum Gasteiger partial charge on any atom is -0.356 e. The Morgan fingerprint density at radius 3 is 2.62 bits per heavy atom. The molecule has 0 saturated carbocycles. The lowest BCUT2D eigenvalue weighted by Crippen LogP contribution is -2.45. The van der Waals surface area contributed by atoms with Crippen molar-refractivity contribution >= 4 is 28.3 Å². The minimum atomic E-state index is -0.424. The van der Waals surface area contributed by atoms with E-state index in [2.05, 4.69) is 20.2 Å². The highest BCUT2D eigenvalue weighted by atomic mass is 16.7. The largest absolute Gasteiger partial charge is 0.356 e. The SMILES string of the molecule is O=C(Nc1cccc2cccnc12)c1ccnc(N2CCC3(CC2)OCCO3)c1. The number of nitrogens with zero attached hydrogens (tertiary/aromatic N) is 3. The fourth-order valence-electron chi connectivity index (χ4n) is 3.99. The first-order chi connectivity index (χ1) is 14.2. The maximum Gasteiger partial charge on any atom is 0.255 e. The van der Waals surface area contributed by atoms with E-state index in [1.165, 1.54) is 0 Å². The molecule has 148 valence electrons. The summed E-state index contributed by atoms with van der Waals surface area (Å²) in [5.41, 5.74) is 2.04. The Bertz CT molecular complexity index is 1030. The fourth-order valence-corrected chi connectivity index (χ4v) is 3.99. The van der Waals surface area contributed by atoms with Gasteiger partial charge in [-0.1, -0.05) is 18.2 Å². The van der Waals surface area contributed by atoms with E-state index >= 15 is 0 Å². The van der Waals surface area contributed by atoms with Crippen LogP contribution in [0.3, 0.4) is 0 Å². The van der Waals surface area contributed by atoms with E-state index in [1.807, 2.05) is 36.4 Å². The molecule has 0 bridgehead atoms. The van der Waals surface area contributed by atoms with Gasteiger partial charge in [0.2, 0.25) is 0 Å². The van der Waals surface area contributed by atoms with Crippen molar-refractivity contribution in [1.29, 1.82) is 0 Å². The van der Waals surface area contributed by atoms with E-state index in [4.69, 9.17) is 9.47 Å². The van der Waals surface area contributed by atoms with Crippen LogP contribution in [0.25, 0.3) is 10.9 Å². The summed E-state index contributed by atoms with van der Waals surface area (Å²) in [4.78, 5) is 23.9. The van der Waals surface area contributed by atoms with Crippen molar-refractivity contribution < 1.29 is 14.3 Å². The first kappa shape index (κ1) is 18.0. The molecular formula is C22H22N4O3. The molecule has 2 fully saturated rings. The van der Waals surface area contributed by atoms with Gasteiger partial charge in [0.25, 0.3) is 5.91 Å². The van der Waals surface area contributed by atoms with E-state index in [1.54, 1.807) is 18.5 Å². The molecule has 1 amide bonds. The van der Waals surface area contributed by atoms with Crippen molar-refractivity contribution in [2.75, 3.05) is 36.5 Å². The third-order valence-corrected chi connectivity index (χ3v) is 5.55. The number of piperidine rings is 1. The minimum absolute atomic E-state index is 0.178. The zero-order chi connectivity index (χ0) is 19.7. The van der Waals surface area contributed by atoms with E-state index < -0.39 is 5.79 Å². The molecule has 29 heavy (non-hydrogen) atoms. The number of hydrogen-bond donors (Lipinski definition) is 1. The summed E-state index contributed by atoms with van der Waals surface area (Å²) in [5, 5.41) is 3.97. The number of aromatic nitrogens is 2. The summed E-state index contributed by atoms with van der Waals surface area (Å²) in [6, 6.07) is 13.2. The van der Waals surface area contributed by atoms with E-state index in [0.717, 1.165) is 42.7 Å². The smallest absolute Gasteiger partial charge is 0.255 e. The average Bonchev–Trinajstić information content (AvgIpc) is 3.22. The normalized spacial score (nSPS) is 18.3. The number of carbonyl (C=O) groups is 1. The third kappa shape index (κ3) is 3.54. The van der Waals surface area contributed by atoms with Gasteiger partial charge in [-0.3, -0.25) is 9.78 Å². The predicted molar refractivity (Wildman–Crippen MR) is 110 cm³/mol. The molecule has 0 radical (unpaired) electrons. The van der Waals surface area contributed by atoms with Crippen LogP contribution in [0.1, 0.15) is 23.2 Å². The molecule has 4 heterocycles. The van der Waals surface area contributed by atoms with Gasteiger partial charge >= 0.3 is 0 Å². The maximum absolute atomic E-state index is 12.9. The van der Waals surface area contributed by atoms with Crippen molar-refractivity contribution in [2.24, 2.45) is 0 Å². The number of hydrogen-bond acceptors (Lipinski definition) is 6. The van der Waals surface area contributed by atoms with Gasteiger partial charge in [-0.2, -0.15) is 0 Å². The Morgan fingerprint density at radius 1 is 1.00 bits per heavy atom. The molecule has 2 aliphatic rings. The van der Waals surface area contributed by atoms with Crippen LogP contribution < -0.4 is 10.2 Å². The number of ether oxygens (including phenoxy) is 2. The number of fused-ring (bicyclic) bond motifs is 1. The Morgan fingerprint density at radius 2 is 1.79 bits per heavy atom. The highest BCUT2D eigenvalue weighted by molar-refractivity contribution is 6.08. The van der Waals surface area contributed by atoms with E-state index in [0.29, 0.717) is 24.5 Å². The van der Waals surface area contributed by atoms with Crippen LogP contribution in [0.5, 0.6) is 0 Å². The number of rotatable bonds is 3. The number of para-hydroxylation sites is 1. The quantitative estimate of drug-likeness (QED) is 0.740. The summed E-state index contributed by atoms with van der Waals surface area (Å²) in [6.45, 7) is 2.89. The van der Waals surface area contributed by atoms with Crippen LogP contribution in [0.15, 0.2) is 54.9 Å². The third-order valence-electron chi connectivity index (χ3n) is 5.55. The van der Waals surface area contributed by atoms with Gasteiger partial charge in [0.1, 0.15) is 5.82 Å². The standard InChI is InChI=1S/C22H22N4O3/c27-21(25-18-5-1-3-16-4-2-9-24-20(16)18)17-6-10-23-19(15-17)26-11-7-22(8-12-26)28-13-14-29-22/h1-6,9-10,15H,7-8,11-14H2,(H,25,27). The molecule has 0 atom stereocenters. The number of anilines is 2. The van der Waals surface area contributed by atoms with E-state index in [-0.39, 0.29) is 5.91 Å². The monoisotopic (exact) mass is 390 g/mol. The van der Waals surface area contributed by atoms with Crippen LogP contribution in [-0.4, -0.2) is 48.0 Å². The van der Waals surface area contributed by atoms with Crippen LogP contribution in [0.2, 0.25) is 0 Å². The first-order valence-electron chi connectivity index (χ1n) is 9.87. The molecule has 2 aromatic heterocycles. The zero-order valence-electron chi connectivity index (χ0n) is 16.0. The second-order valence-electron chi connectivity index (χ2n) is 7.33. The highest BCUT2D eigenvalue weighted by Gasteiger charge is 2.40. The molecule has 0 aliphatic carbocycles. The summed E-state index contributed by atoms with van der Waals surface area (Å²) in [5.74, 6) is 0.191. The van der Waals surface area contributed by atoms with Crippen molar-refractivity contribution in [3.05, 3.63) is 60.4 Å². The number of pyridine rings is 2. The summed E-state index contributed by atoms with van der Waals surface area (Å²) < 4.78 is 11.6. The van der Waals surface area contributed by atoms with Gasteiger partial charge in [-0.25, -0.2) is 4.98 Å². The molecule has 2 aliphatic heterocycles. The Kier molecular flexibility index (Phi) is 4.61. The molecule has 2 saturated heterocycles. The second kappa shape index (κ2) is 7.42. The van der Waals surface area contributed by atoms with Crippen molar-refractivity contribution in [1.82, 2.24) is 9.97 Å². The molecule has 1 N–H and O–H groups in total. The lowest BCUT2D eigenvalue weighted by molar-refractivity contribution is -0.169. The predicted octanol–water partition coefficient (Wildman–Crippen LogP) is 3.23. The fraction of sp³-hybridized carbons (Fsp3) is 0.318. The van der Waals surface area contributed by atoms with Crippen LogP contribution >= 0.6 is 0 Å². The van der Waals surface area contributed by atoms with E-state index in [9.17, 15) is 4.79 Å². The Labute approximate surface area is 168 Å². The lowest BCUT2D eigenvalue weighted by atomic mass is 10.0.